The molecule has 1 atom stereocenters. The van der Waals surface area contributed by atoms with Gasteiger partial charge in [0.2, 0.25) is 0 Å². The van der Waals surface area contributed by atoms with Crippen molar-refractivity contribution in [2.45, 2.75) is 19.9 Å². The minimum absolute atomic E-state index is 0.161. The fraction of sp³-hybridized carbons (Fsp3) is 0.273. The SMILES string of the molecule is Cc1cc(N)cnc1NC(C)c1cn[nH]c1. The van der Waals surface area contributed by atoms with Crippen molar-refractivity contribution < 1.29 is 0 Å². The zero-order valence-electron chi connectivity index (χ0n) is 9.36. The van der Waals surface area contributed by atoms with Crippen LogP contribution < -0.4 is 11.1 Å². The first-order valence-corrected chi connectivity index (χ1v) is 5.14. The Kier molecular flexibility index (Phi) is 2.76. The molecule has 0 spiro atoms. The molecule has 1 unspecified atom stereocenters. The van der Waals surface area contributed by atoms with Gasteiger partial charge < -0.3 is 11.1 Å². The number of nitrogens with two attached hydrogens (primary N) is 1. The predicted octanol–water partition coefficient (Wildman–Crippen LogP) is 1.87. The molecule has 2 aromatic rings. The van der Waals surface area contributed by atoms with Crippen molar-refractivity contribution in [3.05, 3.63) is 35.8 Å². The van der Waals surface area contributed by atoms with Crippen LogP contribution in [-0.4, -0.2) is 15.2 Å². The zero-order chi connectivity index (χ0) is 11.5. The fourth-order valence-electron chi connectivity index (χ4n) is 1.53. The summed E-state index contributed by atoms with van der Waals surface area (Å²) >= 11 is 0. The average Bonchev–Trinajstić information content (AvgIpc) is 2.75. The molecule has 0 amide bonds. The van der Waals surface area contributed by atoms with Gasteiger partial charge in [-0.3, -0.25) is 5.10 Å². The van der Waals surface area contributed by atoms with Gasteiger partial charge in [0.1, 0.15) is 5.82 Å². The van der Waals surface area contributed by atoms with Gasteiger partial charge in [-0.05, 0) is 25.5 Å². The summed E-state index contributed by atoms with van der Waals surface area (Å²) in [5, 5.41) is 10.0. The normalized spacial score (nSPS) is 12.4. The van der Waals surface area contributed by atoms with Gasteiger partial charge in [-0.25, -0.2) is 4.98 Å². The van der Waals surface area contributed by atoms with Crippen molar-refractivity contribution in [3.8, 4) is 0 Å². The third-order valence-electron chi connectivity index (χ3n) is 2.47. The summed E-state index contributed by atoms with van der Waals surface area (Å²) in [5.74, 6) is 0.850. The Morgan fingerprint density at radius 2 is 2.25 bits per heavy atom. The highest BCUT2D eigenvalue weighted by Crippen LogP contribution is 2.20. The van der Waals surface area contributed by atoms with Crippen molar-refractivity contribution in [1.82, 2.24) is 15.2 Å². The van der Waals surface area contributed by atoms with Crippen LogP contribution in [0.25, 0.3) is 0 Å². The number of nitrogens with zero attached hydrogens (tertiary/aromatic N) is 2. The Labute approximate surface area is 94.1 Å². The Balaban J connectivity index is 2.15. The largest absolute Gasteiger partial charge is 0.397 e. The van der Waals surface area contributed by atoms with Crippen molar-refractivity contribution in [3.63, 3.8) is 0 Å². The van der Waals surface area contributed by atoms with E-state index in [0.717, 1.165) is 16.9 Å². The van der Waals surface area contributed by atoms with Crippen LogP contribution in [0.5, 0.6) is 0 Å². The Morgan fingerprint density at radius 1 is 1.44 bits per heavy atom. The lowest BCUT2D eigenvalue weighted by molar-refractivity contribution is 0.873. The van der Waals surface area contributed by atoms with E-state index in [4.69, 9.17) is 5.73 Å². The lowest BCUT2D eigenvalue weighted by Gasteiger charge is -2.14. The van der Waals surface area contributed by atoms with E-state index < -0.39 is 0 Å². The molecule has 0 aliphatic rings. The monoisotopic (exact) mass is 217 g/mol. The number of pyridine rings is 1. The quantitative estimate of drug-likeness (QED) is 0.733. The Bertz CT molecular complexity index is 463. The van der Waals surface area contributed by atoms with Crippen molar-refractivity contribution in [2.75, 3.05) is 11.1 Å². The zero-order valence-corrected chi connectivity index (χ0v) is 9.36. The van der Waals surface area contributed by atoms with Crippen LogP contribution in [0.1, 0.15) is 24.1 Å². The molecule has 0 aliphatic carbocycles. The highest BCUT2D eigenvalue weighted by molar-refractivity contribution is 5.51. The molecule has 5 heteroatoms. The van der Waals surface area contributed by atoms with Crippen molar-refractivity contribution >= 4 is 11.5 Å². The van der Waals surface area contributed by atoms with E-state index in [0.29, 0.717) is 5.69 Å². The molecule has 0 aromatic carbocycles. The molecular formula is C11H15N5. The van der Waals surface area contributed by atoms with Gasteiger partial charge in [-0.15, -0.1) is 0 Å². The molecule has 4 N–H and O–H groups in total. The first kappa shape index (κ1) is 10.5. The van der Waals surface area contributed by atoms with E-state index in [1.54, 1.807) is 12.4 Å². The van der Waals surface area contributed by atoms with E-state index in [2.05, 4.69) is 27.4 Å². The molecular weight excluding hydrogens is 202 g/mol. The standard InChI is InChI=1S/C11H15N5/c1-7-3-10(12)6-13-11(7)16-8(2)9-4-14-15-5-9/h3-6,8H,12H2,1-2H3,(H,13,16)(H,14,15). The second-order valence-corrected chi connectivity index (χ2v) is 3.83. The first-order valence-electron chi connectivity index (χ1n) is 5.14. The number of nitrogen functional groups attached to an aromatic ring is 1. The number of rotatable bonds is 3. The highest BCUT2D eigenvalue weighted by atomic mass is 15.1. The van der Waals surface area contributed by atoms with Crippen LogP contribution in [0, 0.1) is 6.92 Å². The number of aromatic nitrogens is 3. The van der Waals surface area contributed by atoms with Crippen LogP contribution in [0.4, 0.5) is 11.5 Å². The second kappa shape index (κ2) is 4.22. The summed E-state index contributed by atoms with van der Waals surface area (Å²) in [6, 6.07) is 2.06. The number of nitrogens with one attached hydrogen (secondary N) is 2. The minimum atomic E-state index is 0.161. The van der Waals surface area contributed by atoms with Gasteiger partial charge in [0.15, 0.2) is 0 Å². The van der Waals surface area contributed by atoms with E-state index in [1.165, 1.54) is 0 Å². The molecule has 2 rings (SSSR count). The number of hydrogen-bond acceptors (Lipinski definition) is 4. The summed E-state index contributed by atoms with van der Waals surface area (Å²) in [6.45, 7) is 4.04. The summed E-state index contributed by atoms with van der Waals surface area (Å²) < 4.78 is 0. The third-order valence-corrected chi connectivity index (χ3v) is 2.47. The Morgan fingerprint density at radius 3 is 2.88 bits per heavy atom. The maximum atomic E-state index is 5.65. The molecule has 2 aromatic heterocycles. The molecule has 16 heavy (non-hydrogen) atoms. The maximum Gasteiger partial charge on any atom is 0.129 e. The van der Waals surface area contributed by atoms with Gasteiger partial charge in [0, 0.05) is 11.8 Å². The lowest BCUT2D eigenvalue weighted by atomic mass is 10.2. The van der Waals surface area contributed by atoms with Crippen molar-refractivity contribution in [2.24, 2.45) is 0 Å². The van der Waals surface area contributed by atoms with E-state index >= 15 is 0 Å². The molecule has 84 valence electrons. The number of H-pyrrole nitrogens is 1. The topological polar surface area (TPSA) is 79.6 Å². The molecule has 0 saturated heterocycles. The molecule has 0 saturated carbocycles. The van der Waals surface area contributed by atoms with Crippen LogP contribution in [0.2, 0.25) is 0 Å². The fourth-order valence-corrected chi connectivity index (χ4v) is 1.53. The smallest absolute Gasteiger partial charge is 0.129 e. The number of aromatic amines is 1. The van der Waals surface area contributed by atoms with Crippen molar-refractivity contribution in [1.29, 1.82) is 0 Å². The van der Waals surface area contributed by atoms with E-state index in [9.17, 15) is 0 Å². The number of aryl methyl sites for hydroxylation is 1. The summed E-state index contributed by atoms with van der Waals surface area (Å²) in [4.78, 5) is 4.26. The van der Waals surface area contributed by atoms with Gasteiger partial charge in [-0.1, -0.05) is 0 Å². The van der Waals surface area contributed by atoms with Crippen LogP contribution in [-0.2, 0) is 0 Å². The lowest BCUT2D eigenvalue weighted by Crippen LogP contribution is -2.08. The van der Waals surface area contributed by atoms with Gasteiger partial charge in [0.25, 0.3) is 0 Å². The summed E-state index contributed by atoms with van der Waals surface area (Å²) in [6.07, 6.45) is 5.31. The second-order valence-electron chi connectivity index (χ2n) is 3.83. The highest BCUT2D eigenvalue weighted by Gasteiger charge is 2.08. The molecule has 0 aliphatic heterocycles. The molecule has 0 bridgehead atoms. The van der Waals surface area contributed by atoms with Crippen LogP contribution in [0.3, 0.4) is 0 Å². The first-order chi connectivity index (χ1) is 7.66. The minimum Gasteiger partial charge on any atom is -0.397 e. The van der Waals surface area contributed by atoms with Gasteiger partial charge in [-0.2, -0.15) is 5.10 Å². The molecule has 5 nitrogen and oxygen atoms in total. The summed E-state index contributed by atoms with van der Waals surface area (Å²) in [5.41, 5.74) is 8.46. The molecule has 0 radical (unpaired) electrons. The maximum absolute atomic E-state index is 5.65. The average molecular weight is 217 g/mol. The van der Waals surface area contributed by atoms with Gasteiger partial charge >= 0.3 is 0 Å². The number of hydrogen-bond donors (Lipinski definition) is 3. The molecule has 2 heterocycles. The number of anilines is 2. The summed E-state index contributed by atoms with van der Waals surface area (Å²) in [7, 11) is 0. The third kappa shape index (κ3) is 2.13. The van der Waals surface area contributed by atoms with Crippen LogP contribution >= 0.6 is 0 Å². The predicted molar refractivity (Wildman–Crippen MR) is 64.0 cm³/mol. The van der Waals surface area contributed by atoms with E-state index in [1.807, 2.05) is 19.2 Å². The van der Waals surface area contributed by atoms with Crippen LogP contribution in [0.15, 0.2) is 24.7 Å². The van der Waals surface area contributed by atoms with Gasteiger partial charge in [0.05, 0.1) is 24.1 Å². The molecule has 0 fully saturated rings. The van der Waals surface area contributed by atoms with E-state index in [-0.39, 0.29) is 6.04 Å². The Hall–Kier alpha value is -2.04.